The van der Waals surface area contributed by atoms with Gasteiger partial charge in [0.15, 0.2) is 0 Å². The zero-order valence-corrected chi connectivity index (χ0v) is 9.91. The van der Waals surface area contributed by atoms with Crippen LogP contribution in [0.5, 0.6) is 0 Å². The van der Waals surface area contributed by atoms with Crippen LogP contribution in [0.4, 0.5) is 0 Å². The van der Waals surface area contributed by atoms with Gasteiger partial charge in [0.2, 0.25) is 0 Å². The molecule has 1 saturated heterocycles. The fourth-order valence-electron chi connectivity index (χ4n) is 2.21. The fraction of sp³-hybridized carbons (Fsp3) is 0.923. The standard InChI is InChI=1S/C13H24O2/c1-2-3-4-5-8-12-9-6-7-10-13(11-14)15-12/h11-13H,2-10H2,1H3. The molecule has 0 N–H and O–H groups in total. The van der Waals surface area contributed by atoms with Crippen LogP contribution in [0.2, 0.25) is 0 Å². The SMILES string of the molecule is CCCCCCC1CCCCC(C=O)O1. The van der Waals surface area contributed by atoms with Crippen molar-refractivity contribution < 1.29 is 9.53 Å². The van der Waals surface area contributed by atoms with Crippen molar-refractivity contribution in [2.75, 3.05) is 0 Å². The van der Waals surface area contributed by atoms with E-state index in [0.717, 1.165) is 32.0 Å². The van der Waals surface area contributed by atoms with Crippen LogP contribution in [-0.4, -0.2) is 18.5 Å². The molecule has 15 heavy (non-hydrogen) atoms. The van der Waals surface area contributed by atoms with Gasteiger partial charge in [-0.2, -0.15) is 0 Å². The van der Waals surface area contributed by atoms with Gasteiger partial charge in [-0.3, -0.25) is 0 Å². The molecule has 0 aromatic carbocycles. The Labute approximate surface area is 93.4 Å². The Balaban J connectivity index is 2.17. The number of aldehydes is 1. The second-order valence-corrected chi connectivity index (χ2v) is 4.57. The number of carbonyl (C=O) groups excluding carboxylic acids is 1. The van der Waals surface area contributed by atoms with Gasteiger partial charge in [0.1, 0.15) is 12.4 Å². The third-order valence-corrected chi connectivity index (χ3v) is 3.16. The van der Waals surface area contributed by atoms with Gasteiger partial charge in [0, 0.05) is 0 Å². The number of unbranched alkanes of at least 4 members (excludes halogenated alkanes) is 3. The molecule has 2 atom stereocenters. The van der Waals surface area contributed by atoms with E-state index in [0.29, 0.717) is 6.10 Å². The first-order valence-electron chi connectivity index (χ1n) is 6.47. The lowest BCUT2D eigenvalue weighted by Gasteiger charge is -2.17. The maximum atomic E-state index is 10.7. The molecule has 88 valence electrons. The number of ether oxygens (including phenoxy) is 1. The second kappa shape index (κ2) is 7.86. The van der Waals surface area contributed by atoms with Crippen molar-refractivity contribution in [1.29, 1.82) is 0 Å². The van der Waals surface area contributed by atoms with Gasteiger partial charge < -0.3 is 9.53 Å². The van der Waals surface area contributed by atoms with Crippen LogP contribution < -0.4 is 0 Å². The summed E-state index contributed by atoms with van der Waals surface area (Å²) in [6.07, 6.45) is 12.0. The Morgan fingerprint density at radius 2 is 2.00 bits per heavy atom. The van der Waals surface area contributed by atoms with Gasteiger partial charge >= 0.3 is 0 Å². The maximum Gasteiger partial charge on any atom is 0.148 e. The van der Waals surface area contributed by atoms with E-state index < -0.39 is 0 Å². The van der Waals surface area contributed by atoms with Gasteiger partial charge in [-0.05, 0) is 19.3 Å². The van der Waals surface area contributed by atoms with E-state index in [2.05, 4.69) is 6.92 Å². The molecule has 0 saturated carbocycles. The number of carbonyl (C=O) groups is 1. The molecule has 0 amide bonds. The van der Waals surface area contributed by atoms with Crippen LogP contribution in [0, 0.1) is 0 Å². The normalized spacial score (nSPS) is 27.3. The smallest absolute Gasteiger partial charge is 0.148 e. The van der Waals surface area contributed by atoms with Crippen LogP contribution in [0.25, 0.3) is 0 Å². The molecule has 2 heteroatoms. The quantitative estimate of drug-likeness (QED) is 0.497. The summed E-state index contributed by atoms with van der Waals surface area (Å²) in [5.74, 6) is 0. The lowest BCUT2D eigenvalue weighted by Crippen LogP contribution is -2.20. The molecular formula is C13H24O2. The van der Waals surface area contributed by atoms with Crippen molar-refractivity contribution in [3.63, 3.8) is 0 Å². The fourth-order valence-corrected chi connectivity index (χ4v) is 2.21. The van der Waals surface area contributed by atoms with Gasteiger partial charge in [0.05, 0.1) is 6.10 Å². The van der Waals surface area contributed by atoms with Gasteiger partial charge in [-0.1, -0.05) is 45.4 Å². The predicted molar refractivity (Wildman–Crippen MR) is 62.0 cm³/mol. The van der Waals surface area contributed by atoms with Crippen LogP contribution >= 0.6 is 0 Å². The average Bonchev–Trinajstić information content (AvgIpc) is 2.49. The Morgan fingerprint density at radius 3 is 2.73 bits per heavy atom. The van der Waals surface area contributed by atoms with Crippen molar-refractivity contribution in [2.45, 2.75) is 76.9 Å². The summed E-state index contributed by atoms with van der Waals surface area (Å²) in [4.78, 5) is 10.7. The summed E-state index contributed by atoms with van der Waals surface area (Å²) in [6, 6.07) is 0. The van der Waals surface area contributed by atoms with Crippen LogP contribution in [0.3, 0.4) is 0 Å². The van der Waals surface area contributed by atoms with Gasteiger partial charge in [-0.15, -0.1) is 0 Å². The summed E-state index contributed by atoms with van der Waals surface area (Å²) in [7, 11) is 0. The Hall–Kier alpha value is -0.370. The topological polar surface area (TPSA) is 26.3 Å². The highest BCUT2D eigenvalue weighted by Gasteiger charge is 2.19. The summed E-state index contributed by atoms with van der Waals surface area (Å²) in [6.45, 7) is 2.23. The maximum absolute atomic E-state index is 10.7. The monoisotopic (exact) mass is 212 g/mol. The third-order valence-electron chi connectivity index (χ3n) is 3.16. The summed E-state index contributed by atoms with van der Waals surface area (Å²) in [5.41, 5.74) is 0. The van der Waals surface area contributed by atoms with Crippen molar-refractivity contribution >= 4 is 6.29 Å². The molecule has 0 aromatic heterocycles. The lowest BCUT2D eigenvalue weighted by atomic mass is 10.0. The van der Waals surface area contributed by atoms with Crippen molar-refractivity contribution in [3.8, 4) is 0 Å². The molecule has 1 aliphatic rings. The molecule has 1 fully saturated rings. The van der Waals surface area contributed by atoms with E-state index in [4.69, 9.17) is 4.74 Å². The van der Waals surface area contributed by atoms with E-state index in [9.17, 15) is 4.79 Å². The number of hydrogen-bond acceptors (Lipinski definition) is 2. The van der Waals surface area contributed by atoms with Gasteiger partial charge in [0.25, 0.3) is 0 Å². The highest BCUT2D eigenvalue weighted by molar-refractivity contribution is 5.55. The summed E-state index contributed by atoms with van der Waals surface area (Å²) >= 11 is 0. The highest BCUT2D eigenvalue weighted by Crippen LogP contribution is 2.21. The largest absolute Gasteiger partial charge is 0.368 e. The highest BCUT2D eigenvalue weighted by atomic mass is 16.5. The molecule has 2 unspecified atom stereocenters. The van der Waals surface area contributed by atoms with E-state index in [1.165, 1.54) is 32.1 Å². The van der Waals surface area contributed by atoms with Crippen LogP contribution in [0.15, 0.2) is 0 Å². The van der Waals surface area contributed by atoms with Crippen LogP contribution in [-0.2, 0) is 9.53 Å². The minimum atomic E-state index is -0.122. The Kier molecular flexibility index (Phi) is 6.66. The molecule has 0 radical (unpaired) electrons. The molecule has 0 aliphatic carbocycles. The summed E-state index contributed by atoms with van der Waals surface area (Å²) in [5, 5.41) is 0. The molecule has 1 heterocycles. The first kappa shape index (κ1) is 12.7. The van der Waals surface area contributed by atoms with Crippen molar-refractivity contribution in [1.82, 2.24) is 0 Å². The molecular weight excluding hydrogens is 188 g/mol. The molecule has 2 nitrogen and oxygen atoms in total. The number of hydrogen-bond donors (Lipinski definition) is 0. The number of rotatable bonds is 6. The van der Waals surface area contributed by atoms with E-state index in [-0.39, 0.29) is 6.10 Å². The summed E-state index contributed by atoms with van der Waals surface area (Å²) < 4.78 is 5.77. The Morgan fingerprint density at radius 1 is 1.20 bits per heavy atom. The first-order valence-corrected chi connectivity index (χ1v) is 6.47. The Bertz CT molecular complexity index is 168. The molecule has 0 spiro atoms. The minimum Gasteiger partial charge on any atom is -0.368 e. The van der Waals surface area contributed by atoms with E-state index in [1.807, 2.05) is 0 Å². The molecule has 1 rings (SSSR count). The van der Waals surface area contributed by atoms with E-state index >= 15 is 0 Å². The van der Waals surface area contributed by atoms with Crippen molar-refractivity contribution in [3.05, 3.63) is 0 Å². The second-order valence-electron chi connectivity index (χ2n) is 4.57. The molecule has 0 aromatic rings. The molecule has 0 bridgehead atoms. The molecule has 1 aliphatic heterocycles. The zero-order chi connectivity index (χ0) is 10.9. The third kappa shape index (κ3) is 5.31. The van der Waals surface area contributed by atoms with Gasteiger partial charge in [-0.25, -0.2) is 0 Å². The predicted octanol–water partition coefficient (Wildman–Crippen LogP) is 3.48. The first-order chi connectivity index (χ1) is 7.36. The minimum absolute atomic E-state index is 0.122. The van der Waals surface area contributed by atoms with Crippen molar-refractivity contribution in [2.24, 2.45) is 0 Å². The van der Waals surface area contributed by atoms with E-state index in [1.54, 1.807) is 0 Å². The van der Waals surface area contributed by atoms with Crippen LogP contribution in [0.1, 0.15) is 64.7 Å². The average molecular weight is 212 g/mol. The zero-order valence-electron chi connectivity index (χ0n) is 9.91. The lowest BCUT2D eigenvalue weighted by molar-refractivity contribution is -0.121.